The summed E-state index contributed by atoms with van der Waals surface area (Å²) in [5.74, 6) is -0.652. The highest BCUT2D eigenvalue weighted by Gasteiger charge is 2.31. The molecule has 0 spiro atoms. The molecule has 1 N–H and O–H groups in total. The lowest BCUT2D eigenvalue weighted by Crippen LogP contribution is -2.47. The molecule has 1 atom stereocenters. The van der Waals surface area contributed by atoms with Crippen LogP contribution in [0.3, 0.4) is 0 Å². The number of benzene rings is 1. The van der Waals surface area contributed by atoms with Gasteiger partial charge in [-0.05, 0) is 30.5 Å². The Morgan fingerprint density at radius 2 is 2.00 bits per heavy atom. The summed E-state index contributed by atoms with van der Waals surface area (Å²) in [5.41, 5.74) is 1.21. The largest absolute Gasteiger partial charge is 0.467 e. The number of hydrogen-bond acceptors (Lipinski definition) is 4. The van der Waals surface area contributed by atoms with Crippen LogP contribution in [0.1, 0.15) is 28.8 Å². The minimum Gasteiger partial charge on any atom is -0.467 e. The summed E-state index contributed by atoms with van der Waals surface area (Å²) >= 11 is 0. The molecule has 1 fully saturated rings. The number of nitrogens with zero attached hydrogens (tertiary/aromatic N) is 2. The van der Waals surface area contributed by atoms with E-state index < -0.39 is 12.8 Å². The molecule has 0 saturated carbocycles. The minimum atomic E-state index is -4.49. The predicted molar refractivity (Wildman–Crippen MR) is 98.0 cm³/mol. The van der Waals surface area contributed by atoms with E-state index in [1.54, 1.807) is 4.90 Å². The molecule has 1 amide bonds. The number of nitrogens with one attached hydrogen (secondary N) is 1. The van der Waals surface area contributed by atoms with Crippen LogP contribution in [0.2, 0.25) is 0 Å². The molecule has 1 saturated heterocycles. The molecule has 2 aromatic rings. The van der Waals surface area contributed by atoms with Gasteiger partial charge in [-0.2, -0.15) is 13.2 Å². The molecule has 0 radical (unpaired) electrons. The van der Waals surface area contributed by atoms with Gasteiger partial charge in [0.1, 0.15) is 5.56 Å². The normalized spacial score (nSPS) is 17.4. The summed E-state index contributed by atoms with van der Waals surface area (Å²) in [7, 11) is 0. The Hall–Kier alpha value is -2.61. The van der Waals surface area contributed by atoms with E-state index >= 15 is 0 Å². The monoisotopic (exact) mass is 393 g/mol. The van der Waals surface area contributed by atoms with Crippen LogP contribution in [0.4, 0.5) is 13.2 Å². The first-order valence-corrected chi connectivity index (χ1v) is 9.13. The first-order chi connectivity index (χ1) is 13.4. The van der Waals surface area contributed by atoms with Gasteiger partial charge < -0.3 is 15.0 Å². The maximum Gasteiger partial charge on any atom is 0.422 e. The second-order valence-corrected chi connectivity index (χ2v) is 6.72. The zero-order chi connectivity index (χ0) is 20.0. The van der Waals surface area contributed by atoms with Gasteiger partial charge in [0.2, 0.25) is 5.88 Å². The van der Waals surface area contributed by atoms with Gasteiger partial charge in [0.25, 0.3) is 5.91 Å². The van der Waals surface area contributed by atoms with Crippen molar-refractivity contribution in [1.82, 2.24) is 15.2 Å². The molecular weight excluding hydrogens is 371 g/mol. The second-order valence-electron chi connectivity index (χ2n) is 6.72. The van der Waals surface area contributed by atoms with Gasteiger partial charge in [0, 0.05) is 31.9 Å². The summed E-state index contributed by atoms with van der Waals surface area (Å²) in [6.07, 6.45) is -1.43. The third-order valence-electron chi connectivity index (χ3n) is 4.52. The van der Waals surface area contributed by atoms with Gasteiger partial charge in [-0.25, -0.2) is 4.98 Å². The zero-order valence-corrected chi connectivity index (χ0v) is 15.3. The van der Waals surface area contributed by atoms with Crippen molar-refractivity contribution in [3.8, 4) is 5.88 Å². The maximum absolute atomic E-state index is 12.9. The van der Waals surface area contributed by atoms with Crippen LogP contribution in [-0.4, -0.2) is 47.7 Å². The first-order valence-electron chi connectivity index (χ1n) is 9.13. The molecule has 3 rings (SSSR count). The van der Waals surface area contributed by atoms with E-state index in [9.17, 15) is 18.0 Å². The van der Waals surface area contributed by atoms with Gasteiger partial charge in [0.15, 0.2) is 6.61 Å². The molecule has 0 unspecified atom stereocenters. The quantitative estimate of drug-likeness (QED) is 0.817. The number of halogens is 3. The van der Waals surface area contributed by atoms with Crippen molar-refractivity contribution in [2.75, 3.05) is 19.7 Å². The van der Waals surface area contributed by atoms with Crippen LogP contribution in [0.25, 0.3) is 0 Å². The molecular formula is C20H22F3N3O2. The van der Waals surface area contributed by atoms with E-state index in [4.69, 9.17) is 4.74 Å². The summed E-state index contributed by atoms with van der Waals surface area (Å²) < 4.78 is 42.1. The SMILES string of the molecule is O=C(c1cccnc1OCC(F)(F)F)N1CCC[C@H](NCc2ccccc2)C1. The Morgan fingerprint density at radius 1 is 1.21 bits per heavy atom. The summed E-state index contributed by atoms with van der Waals surface area (Å²) in [6, 6.07) is 13.0. The number of hydrogen-bond donors (Lipinski definition) is 1. The molecule has 0 aliphatic carbocycles. The summed E-state index contributed by atoms with van der Waals surface area (Å²) in [5, 5.41) is 3.44. The average Bonchev–Trinajstić information content (AvgIpc) is 2.71. The van der Waals surface area contributed by atoms with E-state index in [-0.39, 0.29) is 23.4 Å². The Morgan fingerprint density at radius 3 is 2.75 bits per heavy atom. The van der Waals surface area contributed by atoms with Gasteiger partial charge in [-0.15, -0.1) is 0 Å². The number of likely N-dealkylation sites (tertiary alicyclic amines) is 1. The highest BCUT2D eigenvalue weighted by Crippen LogP contribution is 2.22. The molecule has 28 heavy (non-hydrogen) atoms. The molecule has 1 aliphatic rings. The molecule has 1 aliphatic heterocycles. The highest BCUT2D eigenvalue weighted by atomic mass is 19.4. The standard InChI is InChI=1S/C20H22F3N3O2/c21-20(22,23)14-28-18-17(9-4-10-24-18)19(27)26-11-5-8-16(13-26)25-12-15-6-2-1-3-7-15/h1-4,6-7,9-10,16,25H,5,8,11-14H2/t16-/m0/s1. The minimum absolute atomic E-state index is 0.0514. The Bertz CT molecular complexity index is 784. The van der Waals surface area contributed by atoms with Crippen molar-refractivity contribution in [2.45, 2.75) is 31.6 Å². The van der Waals surface area contributed by atoms with Crippen molar-refractivity contribution in [1.29, 1.82) is 0 Å². The lowest BCUT2D eigenvalue weighted by Gasteiger charge is -2.33. The number of ether oxygens (including phenoxy) is 1. The van der Waals surface area contributed by atoms with Crippen molar-refractivity contribution >= 4 is 5.91 Å². The Labute approximate surface area is 161 Å². The summed E-state index contributed by atoms with van der Waals surface area (Å²) in [6.45, 7) is 0.251. The fourth-order valence-electron chi connectivity index (χ4n) is 3.18. The number of piperidine rings is 1. The molecule has 0 bridgehead atoms. The van der Waals surface area contributed by atoms with Gasteiger partial charge >= 0.3 is 6.18 Å². The van der Waals surface area contributed by atoms with E-state index in [1.165, 1.54) is 18.3 Å². The van der Waals surface area contributed by atoms with Crippen LogP contribution in [0, 0.1) is 0 Å². The van der Waals surface area contributed by atoms with Gasteiger partial charge in [-0.3, -0.25) is 4.79 Å². The van der Waals surface area contributed by atoms with Crippen LogP contribution in [0.5, 0.6) is 5.88 Å². The van der Waals surface area contributed by atoms with Crippen molar-refractivity contribution in [2.24, 2.45) is 0 Å². The third kappa shape index (κ3) is 5.69. The summed E-state index contributed by atoms with van der Waals surface area (Å²) in [4.78, 5) is 18.3. The average molecular weight is 393 g/mol. The molecule has 1 aromatic heterocycles. The van der Waals surface area contributed by atoms with Gasteiger partial charge in [0.05, 0.1) is 0 Å². The highest BCUT2D eigenvalue weighted by molar-refractivity contribution is 5.96. The first kappa shape index (κ1) is 20.1. The zero-order valence-electron chi connectivity index (χ0n) is 15.3. The van der Waals surface area contributed by atoms with Crippen LogP contribution in [0.15, 0.2) is 48.7 Å². The molecule has 8 heteroatoms. The van der Waals surface area contributed by atoms with Crippen molar-refractivity contribution in [3.05, 3.63) is 59.8 Å². The lowest BCUT2D eigenvalue weighted by atomic mass is 10.0. The number of pyridine rings is 1. The van der Waals surface area contributed by atoms with Crippen LogP contribution >= 0.6 is 0 Å². The molecule has 150 valence electrons. The number of carbonyl (C=O) groups excluding carboxylic acids is 1. The smallest absolute Gasteiger partial charge is 0.422 e. The van der Waals surface area contributed by atoms with E-state index in [0.29, 0.717) is 19.6 Å². The molecule has 5 nitrogen and oxygen atoms in total. The van der Waals surface area contributed by atoms with Crippen LogP contribution < -0.4 is 10.1 Å². The van der Waals surface area contributed by atoms with Crippen molar-refractivity contribution < 1.29 is 22.7 Å². The number of carbonyl (C=O) groups is 1. The van der Waals surface area contributed by atoms with E-state index in [2.05, 4.69) is 10.3 Å². The Kier molecular flexibility index (Phi) is 6.51. The number of aromatic nitrogens is 1. The number of amides is 1. The third-order valence-corrected chi connectivity index (χ3v) is 4.52. The second kappa shape index (κ2) is 9.05. The van der Waals surface area contributed by atoms with E-state index in [0.717, 1.165) is 18.4 Å². The Balaban J connectivity index is 1.62. The number of rotatable bonds is 6. The number of alkyl halides is 3. The van der Waals surface area contributed by atoms with Crippen molar-refractivity contribution in [3.63, 3.8) is 0 Å². The molecule has 1 aromatic carbocycles. The molecule has 2 heterocycles. The topological polar surface area (TPSA) is 54.5 Å². The maximum atomic E-state index is 12.9. The fourth-order valence-corrected chi connectivity index (χ4v) is 3.18. The lowest BCUT2D eigenvalue weighted by molar-refractivity contribution is -0.154. The van der Waals surface area contributed by atoms with Crippen LogP contribution in [-0.2, 0) is 6.54 Å². The predicted octanol–water partition coefficient (Wildman–Crippen LogP) is 3.42. The van der Waals surface area contributed by atoms with Gasteiger partial charge in [-0.1, -0.05) is 30.3 Å². The van der Waals surface area contributed by atoms with E-state index in [1.807, 2.05) is 30.3 Å². The fraction of sp³-hybridized carbons (Fsp3) is 0.400.